The topological polar surface area (TPSA) is 107 Å². The number of amides is 1. The maximum Gasteiger partial charge on any atom is 0.228 e. The fourth-order valence-corrected chi connectivity index (χ4v) is 2.59. The van der Waals surface area contributed by atoms with Gasteiger partial charge in [0.2, 0.25) is 11.8 Å². The Kier molecular flexibility index (Phi) is 7.35. The summed E-state index contributed by atoms with van der Waals surface area (Å²) in [6, 6.07) is 2.06. The number of halogens is 1. The van der Waals surface area contributed by atoms with E-state index in [0.29, 0.717) is 44.1 Å². The molecule has 0 aliphatic carbocycles. The maximum atomic E-state index is 11.9. The molecule has 0 fully saturated rings. The average molecular weight is 371 g/mol. The molecule has 0 saturated carbocycles. The van der Waals surface area contributed by atoms with Crippen LogP contribution >= 0.6 is 12.4 Å². The number of nitrogens with one attached hydrogen (secondary N) is 2. The molecule has 0 saturated heterocycles. The van der Waals surface area contributed by atoms with Crippen molar-refractivity contribution in [3.8, 4) is 0 Å². The molecular weight excluding hydrogens is 348 g/mol. The minimum Gasteiger partial charge on any atom is -0.377 e. The second-order valence-corrected chi connectivity index (χ2v) is 5.66. The predicted octanol–water partition coefficient (Wildman–Crippen LogP) is 0.229. The third-order valence-electron chi connectivity index (χ3n) is 3.77. The molecule has 1 amide bonds. The Morgan fingerprint density at radius 2 is 2.36 bits per heavy atom. The molecule has 0 radical (unpaired) electrons. The van der Waals surface area contributed by atoms with Gasteiger partial charge in [-0.1, -0.05) is 5.16 Å². The number of rotatable bonds is 8. The van der Waals surface area contributed by atoms with Crippen molar-refractivity contribution in [2.24, 2.45) is 0 Å². The van der Waals surface area contributed by atoms with E-state index in [1.807, 2.05) is 4.68 Å². The Balaban J connectivity index is 0.00000225. The first-order valence-electron chi connectivity index (χ1n) is 8.08. The Bertz CT molecular complexity index is 663. The lowest BCUT2D eigenvalue weighted by molar-refractivity contribution is -0.121. The van der Waals surface area contributed by atoms with Crippen LogP contribution in [0.25, 0.3) is 0 Å². The number of carbonyl (C=O) groups excluding carboxylic acids is 1. The van der Waals surface area contributed by atoms with Crippen molar-refractivity contribution in [1.29, 1.82) is 0 Å². The Hall–Kier alpha value is -1.97. The van der Waals surface area contributed by atoms with E-state index >= 15 is 0 Å². The van der Waals surface area contributed by atoms with Crippen molar-refractivity contribution in [2.45, 2.75) is 39.0 Å². The molecule has 1 aliphatic heterocycles. The van der Waals surface area contributed by atoms with E-state index < -0.39 is 0 Å². The fourth-order valence-electron chi connectivity index (χ4n) is 2.59. The van der Waals surface area contributed by atoms with Crippen LogP contribution in [0.1, 0.15) is 29.5 Å². The van der Waals surface area contributed by atoms with Crippen molar-refractivity contribution in [3.05, 3.63) is 29.2 Å². The third-order valence-corrected chi connectivity index (χ3v) is 3.77. The fraction of sp³-hybridized carbons (Fsp3) is 0.600. The highest BCUT2D eigenvalue weighted by Gasteiger charge is 2.12. The third kappa shape index (κ3) is 5.52. The SMILES string of the molecule is COCc1noc(CCNC(=O)CCc2cc3n(n2)CCNC3)n1.Cl. The normalized spacial score (nSPS) is 13.2. The molecule has 1 aliphatic rings. The number of aromatic nitrogens is 4. The quantitative estimate of drug-likeness (QED) is 0.684. The minimum absolute atomic E-state index is 0. The van der Waals surface area contributed by atoms with E-state index in [-0.39, 0.29) is 18.3 Å². The van der Waals surface area contributed by atoms with E-state index in [1.54, 1.807) is 7.11 Å². The molecule has 0 unspecified atom stereocenters. The van der Waals surface area contributed by atoms with Crippen LogP contribution in [0, 0.1) is 0 Å². The number of fused-ring (bicyclic) bond motifs is 1. The second kappa shape index (κ2) is 9.50. The Morgan fingerprint density at radius 3 is 3.16 bits per heavy atom. The molecule has 3 heterocycles. The van der Waals surface area contributed by atoms with Gasteiger partial charge in [0.15, 0.2) is 5.82 Å². The van der Waals surface area contributed by atoms with Crippen LogP contribution in [0.3, 0.4) is 0 Å². The summed E-state index contributed by atoms with van der Waals surface area (Å²) in [5.74, 6) is 1.00. The molecule has 25 heavy (non-hydrogen) atoms. The number of methoxy groups -OCH3 is 1. The van der Waals surface area contributed by atoms with Crippen molar-refractivity contribution < 1.29 is 14.1 Å². The average Bonchev–Trinajstić information content (AvgIpc) is 3.19. The molecule has 2 aromatic rings. The Labute approximate surface area is 151 Å². The van der Waals surface area contributed by atoms with Gasteiger partial charge in [-0.3, -0.25) is 9.48 Å². The number of carbonyl (C=O) groups is 1. The zero-order chi connectivity index (χ0) is 16.8. The zero-order valence-electron chi connectivity index (χ0n) is 14.2. The van der Waals surface area contributed by atoms with E-state index in [4.69, 9.17) is 9.26 Å². The van der Waals surface area contributed by atoms with Gasteiger partial charge in [-0.25, -0.2) is 0 Å². The number of ether oxygens (including phenoxy) is 1. The molecule has 10 heteroatoms. The van der Waals surface area contributed by atoms with E-state index in [2.05, 4.69) is 31.9 Å². The van der Waals surface area contributed by atoms with Crippen LogP contribution in [0.5, 0.6) is 0 Å². The van der Waals surface area contributed by atoms with Crippen LogP contribution in [0.2, 0.25) is 0 Å². The Morgan fingerprint density at radius 1 is 1.48 bits per heavy atom. The summed E-state index contributed by atoms with van der Waals surface area (Å²) in [4.78, 5) is 16.1. The molecule has 0 bridgehead atoms. The van der Waals surface area contributed by atoms with Crippen LogP contribution in [-0.2, 0) is 42.1 Å². The van der Waals surface area contributed by atoms with Crippen molar-refractivity contribution >= 4 is 18.3 Å². The molecule has 3 rings (SSSR count). The molecule has 9 nitrogen and oxygen atoms in total. The molecule has 0 spiro atoms. The van der Waals surface area contributed by atoms with Crippen molar-refractivity contribution in [2.75, 3.05) is 20.2 Å². The zero-order valence-corrected chi connectivity index (χ0v) is 15.0. The summed E-state index contributed by atoms with van der Waals surface area (Å²) in [6.45, 7) is 3.46. The molecule has 138 valence electrons. The van der Waals surface area contributed by atoms with Crippen LogP contribution in [0.4, 0.5) is 0 Å². The van der Waals surface area contributed by atoms with E-state index in [1.165, 1.54) is 5.69 Å². The standard InChI is InChI=1S/C15H22N6O3.ClH/c1-23-10-13-18-15(24-20-13)4-5-17-14(22)3-2-11-8-12-9-16-6-7-21(12)19-11;/h8,16H,2-7,9-10H2,1H3,(H,17,22);1H. The van der Waals surface area contributed by atoms with Gasteiger partial charge in [-0.15, -0.1) is 12.4 Å². The molecule has 2 N–H and O–H groups in total. The van der Waals surface area contributed by atoms with Crippen LogP contribution in [-0.4, -0.2) is 46.0 Å². The highest BCUT2D eigenvalue weighted by atomic mass is 35.5. The van der Waals surface area contributed by atoms with Crippen LogP contribution in [0.15, 0.2) is 10.6 Å². The molecule has 0 aromatic carbocycles. The van der Waals surface area contributed by atoms with Gasteiger partial charge in [0, 0.05) is 46.0 Å². The summed E-state index contributed by atoms with van der Waals surface area (Å²) in [5, 5.41) is 14.5. The molecule has 0 atom stereocenters. The smallest absolute Gasteiger partial charge is 0.228 e. The number of hydrogen-bond donors (Lipinski definition) is 2. The van der Waals surface area contributed by atoms with Gasteiger partial charge in [-0.2, -0.15) is 10.1 Å². The first kappa shape index (κ1) is 19.4. The molecule has 2 aromatic heterocycles. The van der Waals surface area contributed by atoms with Gasteiger partial charge in [-0.05, 0) is 6.07 Å². The second-order valence-electron chi connectivity index (χ2n) is 5.66. The first-order valence-corrected chi connectivity index (χ1v) is 8.08. The van der Waals surface area contributed by atoms with E-state index in [9.17, 15) is 4.79 Å². The largest absolute Gasteiger partial charge is 0.377 e. The van der Waals surface area contributed by atoms with Gasteiger partial charge < -0.3 is 19.9 Å². The predicted molar refractivity (Wildman–Crippen MR) is 91.2 cm³/mol. The number of aryl methyl sites for hydroxylation is 1. The lowest BCUT2D eigenvalue weighted by atomic mass is 10.2. The van der Waals surface area contributed by atoms with E-state index in [0.717, 1.165) is 25.3 Å². The lowest BCUT2D eigenvalue weighted by Crippen LogP contribution is -2.28. The maximum absolute atomic E-state index is 11.9. The summed E-state index contributed by atoms with van der Waals surface area (Å²) in [6.07, 6.45) is 1.57. The summed E-state index contributed by atoms with van der Waals surface area (Å²) >= 11 is 0. The minimum atomic E-state index is -0.00396. The summed E-state index contributed by atoms with van der Waals surface area (Å²) in [5.41, 5.74) is 2.14. The van der Waals surface area contributed by atoms with Crippen LogP contribution < -0.4 is 10.6 Å². The monoisotopic (exact) mass is 370 g/mol. The van der Waals surface area contributed by atoms with Gasteiger partial charge in [0.05, 0.1) is 17.9 Å². The van der Waals surface area contributed by atoms with Gasteiger partial charge >= 0.3 is 0 Å². The molecular formula is C15H23ClN6O3. The first-order chi connectivity index (χ1) is 11.7. The highest BCUT2D eigenvalue weighted by molar-refractivity contribution is 5.85. The summed E-state index contributed by atoms with van der Waals surface area (Å²) < 4.78 is 12.0. The van der Waals surface area contributed by atoms with Crippen molar-refractivity contribution in [1.82, 2.24) is 30.6 Å². The summed E-state index contributed by atoms with van der Waals surface area (Å²) in [7, 11) is 1.57. The number of nitrogens with zero attached hydrogens (tertiary/aromatic N) is 4. The van der Waals surface area contributed by atoms with Gasteiger partial charge in [0.1, 0.15) is 6.61 Å². The lowest BCUT2D eigenvalue weighted by Gasteiger charge is -2.13. The van der Waals surface area contributed by atoms with Crippen molar-refractivity contribution in [3.63, 3.8) is 0 Å². The van der Waals surface area contributed by atoms with Gasteiger partial charge in [0.25, 0.3) is 0 Å². The highest BCUT2D eigenvalue weighted by Crippen LogP contribution is 2.09. The number of hydrogen-bond acceptors (Lipinski definition) is 7.